The molecule has 2 aromatic rings. The molecule has 3 N–H and O–H groups in total. The summed E-state index contributed by atoms with van der Waals surface area (Å²) in [6, 6.07) is 8.66. The Bertz CT molecular complexity index is 795. The van der Waals surface area contributed by atoms with Crippen molar-refractivity contribution < 1.29 is 0 Å². The minimum absolute atomic E-state index is 0.382. The maximum atomic E-state index is 6.50. The first-order valence-electron chi connectivity index (χ1n) is 11.3. The van der Waals surface area contributed by atoms with Crippen LogP contribution in [0.15, 0.2) is 30.5 Å². The molecule has 0 aliphatic heterocycles. The van der Waals surface area contributed by atoms with Crippen molar-refractivity contribution in [3.8, 4) is 11.3 Å². The van der Waals surface area contributed by atoms with Crippen molar-refractivity contribution in [2.45, 2.75) is 70.3 Å². The van der Waals surface area contributed by atoms with Crippen LogP contribution in [0.3, 0.4) is 0 Å². The summed E-state index contributed by atoms with van der Waals surface area (Å²) < 4.78 is 0. The number of aromatic nitrogens is 2. The van der Waals surface area contributed by atoms with Gasteiger partial charge in [0.25, 0.3) is 0 Å². The molecule has 0 unspecified atom stereocenters. The standard InChI is InChI=1S/C24H33ClN4/c25-22-16-27-20(13-17-9-11-19(26)12-10-17)14-21(22)23-7-4-8-24(29-23)28-15-18-5-2-1-3-6-18/h4,7-8,14,16-19H,1-3,5-6,9-13,15,26H2,(H,28,29). The summed E-state index contributed by atoms with van der Waals surface area (Å²) in [7, 11) is 0. The summed E-state index contributed by atoms with van der Waals surface area (Å²) in [6.45, 7) is 1.01. The van der Waals surface area contributed by atoms with E-state index < -0.39 is 0 Å². The number of nitrogens with zero attached hydrogens (tertiary/aromatic N) is 2. The average Bonchev–Trinajstić information content (AvgIpc) is 2.76. The van der Waals surface area contributed by atoms with E-state index in [0.29, 0.717) is 17.0 Å². The second kappa shape index (κ2) is 9.90. The summed E-state index contributed by atoms with van der Waals surface area (Å²) in [5.74, 6) is 2.38. The molecule has 156 valence electrons. The molecule has 0 aromatic carbocycles. The van der Waals surface area contributed by atoms with Crippen LogP contribution >= 0.6 is 11.6 Å². The van der Waals surface area contributed by atoms with Crippen molar-refractivity contribution in [2.75, 3.05) is 11.9 Å². The molecule has 5 heteroatoms. The van der Waals surface area contributed by atoms with E-state index in [1.807, 2.05) is 12.1 Å². The van der Waals surface area contributed by atoms with Gasteiger partial charge in [-0.2, -0.15) is 0 Å². The monoisotopic (exact) mass is 412 g/mol. The van der Waals surface area contributed by atoms with Crippen LogP contribution in [0.25, 0.3) is 11.3 Å². The Balaban J connectivity index is 1.44. The van der Waals surface area contributed by atoms with E-state index >= 15 is 0 Å². The molecule has 29 heavy (non-hydrogen) atoms. The van der Waals surface area contributed by atoms with E-state index in [4.69, 9.17) is 22.3 Å². The van der Waals surface area contributed by atoms with Gasteiger partial charge in [-0.25, -0.2) is 4.98 Å². The zero-order chi connectivity index (χ0) is 20.1. The smallest absolute Gasteiger partial charge is 0.126 e. The van der Waals surface area contributed by atoms with Crippen molar-refractivity contribution >= 4 is 17.4 Å². The fourth-order valence-corrected chi connectivity index (χ4v) is 5.00. The van der Waals surface area contributed by atoms with Gasteiger partial charge in [-0.3, -0.25) is 4.98 Å². The Morgan fingerprint density at radius 3 is 2.59 bits per heavy atom. The molecule has 2 aromatic heterocycles. The lowest BCUT2D eigenvalue weighted by Gasteiger charge is -2.25. The van der Waals surface area contributed by atoms with Crippen molar-refractivity contribution in [3.05, 3.63) is 41.2 Å². The van der Waals surface area contributed by atoms with Gasteiger partial charge in [0, 0.05) is 30.0 Å². The predicted molar refractivity (Wildman–Crippen MR) is 121 cm³/mol. The largest absolute Gasteiger partial charge is 0.370 e. The molecule has 0 saturated heterocycles. The molecule has 4 rings (SSSR count). The predicted octanol–water partition coefficient (Wildman–Crippen LogP) is 5.85. The SMILES string of the molecule is NC1CCC(Cc2cc(-c3cccc(NCC4CCCCC4)n3)c(Cl)cn2)CC1. The van der Waals surface area contributed by atoms with Crippen LogP contribution in [0.4, 0.5) is 5.82 Å². The number of hydrogen-bond donors (Lipinski definition) is 2. The third-order valence-electron chi connectivity index (χ3n) is 6.62. The lowest BCUT2D eigenvalue weighted by atomic mass is 9.83. The van der Waals surface area contributed by atoms with Crippen LogP contribution < -0.4 is 11.1 Å². The van der Waals surface area contributed by atoms with E-state index in [1.165, 1.54) is 44.9 Å². The first-order chi connectivity index (χ1) is 14.2. The Kier molecular flexibility index (Phi) is 7.04. The number of nitrogens with two attached hydrogens (primary N) is 1. The fourth-order valence-electron chi connectivity index (χ4n) is 4.80. The highest BCUT2D eigenvalue weighted by Crippen LogP contribution is 2.31. The van der Waals surface area contributed by atoms with Gasteiger partial charge >= 0.3 is 0 Å². The molecule has 0 amide bonds. The molecule has 4 nitrogen and oxygen atoms in total. The van der Waals surface area contributed by atoms with E-state index in [0.717, 1.165) is 54.5 Å². The van der Waals surface area contributed by atoms with Crippen molar-refractivity contribution in [1.82, 2.24) is 9.97 Å². The lowest BCUT2D eigenvalue weighted by Crippen LogP contribution is -2.27. The molecular weight excluding hydrogens is 380 g/mol. The van der Waals surface area contributed by atoms with Crippen LogP contribution in [0, 0.1) is 11.8 Å². The van der Waals surface area contributed by atoms with Gasteiger partial charge in [-0.1, -0.05) is 36.9 Å². The quantitative estimate of drug-likeness (QED) is 0.624. The first kappa shape index (κ1) is 20.6. The minimum Gasteiger partial charge on any atom is -0.370 e. The number of nitrogens with one attached hydrogen (secondary N) is 1. The second-order valence-corrected chi connectivity index (χ2v) is 9.34. The van der Waals surface area contributed by atoms with Crippen LogP contribution in [0.1, 0.15) is 63.5 Å². The summed E-state index contributed by atoms with van der Waals surface area (Å²) in [5, 5.41) is 4.21. The van der Waals surface area contributed by atoms with E-state index in [9.17, 15) is 0 Å². The van der Waals surface area contributed by atoms with E-state index in [2.05, 4.69) is 22.4 Å². The van der Waals surface area contributed by atoms with Crippen LogP contribution in [-0.4, -0.2) is 22.6 Å². The number of pyridine rings is 2. The zero-order valence-corrected chi connectivity index (χ0v) is 18.0. The summed E-state index contributed by atoms with van der Waals surface area (Å²) in [6.07, 6.45) is 14.2. The molecule has 0 bridgehead atoms. The van der Waals surface area contributed by atoms with Gasteiger partial charge in [0.1, 0.15) is 5.82 Å². The maximum absolute atomic E-state index is 6.50. The lowest BCUT2D eigenvalue weighted by molar-refractivity contribution is 0.323. The van der Waals surface area contributed by atoms with Gasteiger partial charge in [0.15, 0.2) is 0 Å². The molecule has 2 aliphatic rings. The van der Waals surface area contributed by atoms with E-state index in [-0.39, 0.29) is 0 Å². The van der Waals surface area contributed by atoms with Gasteiger partial charge < -0.3 is 11.1 Å². The van der Waals surface area contributed by atoms with Gasteiger partial charge in [-0.05, 0) is 75.0 Å². The highest BCUT2D eigenvalue weighted by atomic mass is 35.5. The Morgan fingerprint density at radius 1 is 1.00 bits per heavy atom. The summed E-state index contributed by atoms with van der Waals surface area (Å²) in [4.78, 5) is 9.44. The average molecular weight is 413 g/mol. The molecule has 2 aliphatic carbocycles. The summed E-state index contributed by atoms with van der Waals surface area (Å²) >= 11 is 6.50. The minimum atomic E-state index is 0.382. The first-order valence-corrected chi connectivity index (χ1v) is 11.7. The number of halogens is 1. The number of hydrogen-bond acceptors (Lipinski definition) is 4. The molecule has 0 spiro atoms. The van der Waals surface area contributed by atoms with Gasteiger partial charge in [0.2, 0.25) is 0 Å². The Morgan fingerprint density at radius 2 is 1.79 bits per heavy atom. The Hall–Kier alpha value is -1.65. The molecule has 2 saturated carbocycles. The van der Waals surface area contributed by atoms with Gasteiger partial charge in [-0.15, -0.1) is 0 Å². The molecule has 2 fully saturated rings. The molecule has 2 heterocycles. The van der Waals surface area contributed by atoms with Crippen LogP contribution in [-0.2, 0) is 6.42 Å². The van der Waals surface area contributed by atoms with Crippen molar-refractivity contribution in [1.29, 1.82) is 0 Å². The summed E-state index contributed by atoms with van der Waals surface area (Å²) in [5.41, 5.74) is 9.05. The topological polar surface area (TPSA) is 63.8 Å². The maximum Gasteiger partial charge on any atom is 0.126 e. The second-order valence-electron chi connectivity index (χ2n) is 8.93. The third-order valence-corrected chi connectivity index (χ3v) is 6.92. The fraction of sp³-hybridized carbons (Fsp3) is 0.583. The number of anilines is 1. The highest BCUT2D eigenvalue weighted by molar-refractivity contribution is 6.33. The van der Waals surface area contributed by atoms with Crippen molar-refractivity contribution in [2.24, 2.45) is 17.6 Å². The Labute approximate surface area is 179 Å². The highest BCUT2D eigenvalue weighted by Gasteiger charge is 2.20. The van der Waals surface area contributed by atoms with Crippen LogP contribution in [0.2, 0.25) is 5.02 Å². The van der Waals surface area contributed by atoms with Gasteiger partial charge in [0.05, 0.1) is 10.7 Å². The zero-order valence-electron chi connectivity index (χ0n) is 17.2. The van der Waals surface area contributed by atoms with Crippen LogP contribution in [0.5, 0.6) is 0 Å². The molecule has 0 radical (unpaired) electrons. The normalized spacial score (nSPS) is 23.1. The third kappa shape index (κ3) is 5.70. The number of rotatable bonds is 6. The molecule has 0 atom stereocenters. The molecular formula is C24H33ClN4. The van der Waals surface area contributed by atoms with Crippen molar-refractivity contribution in [3.63, 3.8) is 0 Å². The van der Waals surface area contributed by atoms with E-state index in [1.54, 1.807) is 6.20 Å².